The molecule has 0 spiro atoms. The van der Waals surface area contributed by atoms with Crippen LogP contribution in [0.15, 0.2) is 43.0 Å². The van der Waals surface area contributed by atoms with Gasteiger partial charge in [0.15, 0.2) is 0 Å². The number of carbonyl (C=O) groups excluding carboxylic acids is 1. The molecule has 106 valence electrons. The molecule has 5 heteroatoms. The van der Waals surface area contributed by atoms with Gasteiger partial charge in [-0.15, -0.1) is 0 Å². The maximum atomic E-state index is 11.2. The molecule has 0 fully saturated rings. The van der Waals surface area contributed by atoms with Crippen molar-refractivity contribution >= 4 is 17.7 Å². The second-order valence-corrected chi connectivity index (χ2v) is 5.97. The van der Waals surface area contributed by atoms with E-state index in [0.717, 1.165) is 11.4 Å². The zero-order chi connectivity index (χ0) is 14.4. The molecule has 0 aliphatic heterocycles. The van der Waals surface area contributed by atoms with E-state index in [1.807, 2.05) is 17.7 Å². The number of benzene rings is 1. The minimum absolute atomic E-state index is 0.152. The summed E-state index contributed by atoms with van der Waals surface area (Å²) in [6.45, 7) is 2.04. The van der Waals surface area contributed by atoms with Crippen molar-refractivity contribution in [3.63, 3.8) is 0 Å². The first-order chi connectivity index (χ1) is 9.69. The summed E-state index contributed by atoms with van der Waals surface area (Å²) in [5.41, 5.74) is 2.34. The largest absolute Gasteiger partial charge is 0.469 e. The molecule has 1 aromatic carbocycles. The number of nitrogens with zero attached hydrogens (tertiary/aromatic N) is 2. The van der Waals surface area contributed by atoms with Gasteiger partial charge in [-0.3, -0.25) is 4.79 Å². The van der Waals surface area contributed by atoms with Gasteiger partial charge in [0.05, 0.1) is 19.9 Å². The third kappa shape index (κ3) is 4.13. The van der Waals surface area contributed by atoms with Crippen LogP contribution in [0.1, 0.15) is 18.9 Å². The molecule has 0 amide bonds. The average molecular weight is 290 g/mol. The Bertz CT molecular complexity index is 538. The lowest BCUT2D eigenvalue weighted by atomic mass is 10.2. The number of imidazole rings is 1. The highest BCUT2D eigenvalue weighted by Crippen LogP contribution is 2.21. The SMILES string of the molecule is COC(=O)CC(C)SCc1ccc(-n2ccnc2)cc1. The van der Waals surface area contributed by atoms with E-state index in [1.165, 1.54) is 12.7 Å². The van der Waals surface area contributed by atoms with Gasteiger partial charge in [-0.1, -0.05) is 19.1 Å². The van der Waals surface area contributed by atoms with Crippen LogP contribution in [0, 0.1) is 0 Å². The molecule has 0 N–H and O–H groups in total. The Balaban J connectivity index is 1.86. The summed E-state index contributed by atoms with van der Waals surface area (Å²) in [5, 5.41) is 0.260. The third-order valence-corrected chi connectivity index (χ3v) is 4.19. The first kappa shape index (κ1) is 14.7. The average Bonchev–Trinajstić information content (AvgIpc) is 2.99. The van der Waals surface area contributed by atoms with Crippen molar-refractivity contribution in [1.29, 1.82) is 0 Å². The van der Waals surface area contributed by atoms with Crippen LogP contribution in [-0.2, 0) is 15.3 Å². The Labute approximate surface area is 123 Å². The van der Waals surface area contributed by atoms with E-state index in [1.54, 1.807) is 24.3 Å². The standard InChI is InChI=1S/C15H18N2O2S/c1-12(9-15(18)19-2)20-10-13-3-5-14(6-4-13)17-8-7-16-11-17/h3-8,11-12H,9-10H2,1-2H3. The van der Waals surface area contributed by atoms with E-state index in [-0.39, 0.29) is 11.2 Å². The minimum Gasteiger partial charge on any atom is -0.469 e. The predicted octanol–water partition coefficient (Wildman–Crippen LogP) is 3.06. The van der Waals surface area contributed by atoms with E-state index >= 15 is 0 Å². The van der Waals surface area contributed by atoms with Crippen LogP contribution in [0.25, 0.3) is 5.69 Å². The molecule has 1 heterocycles. The van der Waals surface area contributed by atoms with Crippen LogP contribution < -0.4 is 0 Å². The first-order valence-corrected chi connectivity index (χ1v) is 7.49. The lowest BCUT2D eigenvalue weighted by molar-refractivity contribution is -0.140. The molecule has 2 aromatic rings. The van der Waals surface area contributed by atoms with Crippen LogP contribution >= 0.6 is 11.8 Å². The van der Waals surface area contributed by atoms with E-state index in [4.69, 9.17) is 0 Å². The molecule has 1 aromatic heterocycles. The highest BCUT2D eigenvalue weighted by Gasteiger charge is 2.09. The molecule has 4 nitrogen and oxygen atoms in total. The number of ether oxygens (including phenoxy) is 1. The van der Waals surface area contributed by atoms with Crippen molar-refractivity contribution in [3.8, 4) is 5.69 Å². The fourth-order valence-electron chi connectivity index (χ4n) is 1.79. The van der Waals surface area contributed by atoms with Gasteiger partial charge < -0.3 is 9.30 Å². The summed E-state index contributed by atoms with van der Waals surface area (Å²) < 4.78 is 6.64. The normalized spacial score (nSPS) is 12.1. The van der Waals surface area contributed by atoms with Gasteiger partial charge in [-0.25, -0.2) is 4.98 Å². The van der Waals surface area contributed by atoms with Crippen LogP contribution in [0.5, 0.6) is 0 Å². The summed E-state index contributed by atoms with van der Waals surface area (Å²) in [7, 11) is 1.43. The maximum Gasteiger partial charge on any atom is 0.306 e. The van der Waals surface area contributed by atoms with Gasteiger partial charge in [-0.2, -0.15) is 11.8 Å². The number of rotatable bonds is 6. The first-order valence-electron chi connectivity index (χ1n) is 6.44. The van der Waals surface area contributed by atoms with Gasteiger partial charge in [0.2, 0.25) is 0 Å². The molecular formula is C15H18N2O2S. The molecule has 0 saturated carbocycles. The Morgan fingerprint density at radius 1 is 1.40 bits per heavy atom. The van der Waals surface area contributed by atoms with Crippen molar-refractivity contribution in [1.82, 2.24) is 9.55 Å². The molecule has 1 atom stereocenters. The lowest BCUT2D eigenvalue weighted by Crippen LogP contribution is -2.08. The van der Waals surface area contributed by atoms with E-state index in [9.17, 15) is 4.79 Å². The topological polar surface area (TPSA) is 44.1 Å². The Kier molecular flexibility index (Phi) is 5.24. The quantitative estimate of drug-likeness (QED) is 0.767. The highest BCUT2D eigenvalue weighted by atomic mass is 32.2. The number of hydrogen-bond acceptors (Lipinski definition) is 4. The molecule has 0 radical (unpaired) electrons. The fraction of sp³-hybridized carbons (Fsp3) is 0.333. The minimum atomic E-state index is -0.152. The van der Waals surface area contributed by atoms with Gasteiger partial charge in [-0.05, 0) is 17.7 Å². The Hall–Kier alpha value is -1.75. The fourth-order valence-corrected chi connectivity index (χ4v) is 2.71. The van der Waals surface area contributed by atoms with Crippen LogP contribution in [0.4, 0.5) is 0 Å². The Morgan fingerprint density at radius 2 is 2.15 bits per heavy atom. The van der Waals surface area contributed by atoms with Gasteiger partial charge in [0.1, 0.15) is 0 Å². The van der Waals surface area contributed by atoms with Crippen molar-refractivity contribution in [2.24, 2.45) is 0 Å². The number of thioether (sulfide) groups is 1. The lowest BCUT2D eigenvalue weighted by Gasteiger charge is -2.10. The molecule has 2 rings (SSSR count). The van der Waals surface area contributed by atoms with Crippen molar-refractivity contribution < 1.29 is 9.53 Å². The number of methoxy groups -OCH3 is 1. The highest BCUT2D eigenvalue weighted by molar-refractivity contribution is 7.99. The number of hydrogen-bond donors (Lipinski definition) is 0. The van der Waals surface area contributed by atoms with Crippen LogP contribution in [0.3, 0.4) is 0 Å². The molecule has 0 bridgehead atoms. The van der Waals surface area contributed by atoms with Crippen LogP contribution in [0.2, 0.25) is 0 Å². The summed E-state index contributed by atoms with van der Waals surface area (Å²) in [4.78, 5) is 15.2. The maximum absolute atomic E-state index is 11.2. The zero-order valence-electron chi connectivity index (χ0n) is 11.7. The monoisotopic (exact) mass is 290 g/mol. The summed E-state index contributed by atoms with van der Waals surface area (Å²) >= 11 is 1.76. The molecule has 0 aliphatic carbocycles. The van der Waals surface area contributed by atoms with Crippen molar-refractivity contribution in [3.05, 3.63) is 48.5 Å². The van der Waals surface area contributed by atoms with Gasteiger partial charge in [0.25, 0.3) is 0 Å². The molecule has 0 aliphatic rings. The van der Waals surface area contributed by atoms with E-state index in [0.29, 0.717) is 6.42 Å². The molecule has 20 heavy (non-hydrogen) atoms. The smallest absolute Gasteiger partial charge is 0.306 e. The third-order valence-electron chi connectivity index (χ3n) is 2.96. The van der Waals surface area contributed by atoms with E-state index in [2.05, 4.69) is 34.0 Å². The molecular weight excluding hydrogens is 272 g/mol. The van der Waals surface area contributed by atoms with Crippen molar-refractivity contribution in [2.75, 3.05) is 7.11 Å². The second-order valence-electron chi connectivity index (χ2n) is 4.54. The predicted molar refractivity (Wildman–Crippen MR) is 81.0 cm³/mol. The van der Waals surface area contributed by atoms with Gasteiger partial charge >= 0.3 is 5.97 Å². The number of aromatic nitrogens is 2. The Morgan fingerprint density at radius 3 is 2.75 bits per heavy atom. The van der Waals surface area contributed by atoms with Crippen LogP contribution in [-0.4, -0.2) is 27.9 Å². The van der Waals surface area contributed by atoms with E-state index < -0.39 is 0 Å². The second kappa shape index (κ2) is 7.14. The number of esters is 1. The van der Waals surface area contributed by atoms with Crippen molar-refractivity contribution in [2.45, 2.75) is 24.3 Å². The van der Waals surface area contributed by atoms with Gasteiger partial charge in [0, 0.05) is 29.1 Å². The molecule has 1 unspecified atom stereocenters. The summed E-state index contributed by atoms with van der Waals surface area (Å²) in [6, 6.07) is 8.35. The summed E-state index contributed by atoms with van der Waals surface area (Å²) in [5.74, 6) is 0.739. The molecule has 0 saturated heterocycles. The zero-order valence-corrected chi connectivity index (χ0v) is 12.5. The number of carbonyl (C=O) groups is 1. The summed E-state index contributed by atoms with van der Waals surface area (Å²) in [6.07, 6.45) is 5.91.